The number of rotatable bonds is 2. The van der Waals surface area contributed by atoms with E-state index in [2.05, 4.69) is 11.4 Å². The fourth-order valence-electron chi connectivity index (χ4n) is 3.92. The van der Waals surface area contributed by atoms with Crippen molar-refractivity contribution in [1.82, 2.24) is 5.32 Å². The Morgan fingerprint density at radius 2 is 1.88 bits per heavy atom. The first-order chi connectivity index (χ1) is 11.0. The standard InChI is InChI=1S/C19H21NO3.BrH/c1-11(21)19(22,23)15-7-6-12-8-9-20-16-10-13-4-2-3-5-14(13)18(15)17(12)16;/h2-7,11,16,20-23H,8-10H2,1H3;1H. The molecule has 0 saturated carbocycles. The van der Waals surface area contributed by atoms with Crippen LogP contribution in [0.15, 0.2) is 36.4 Å². The molecule has 0 fully saturated rings. The summed E-state index contributed by atoms with van der Waals surface area (Å²) in [7, 11) is 0. The largest absolute Gasteiger partial charge is 0.387 e. The Morgan fingerprint density at radius 3 is 2.62 bits per heavy atom. The van der Waals surface area contributed by atoms with Gasteiger partial charge in [-0.15, -0.1) is 17.0 Å². The second-order valence-corrected chi connectivity index (χ2v) is 6.58. The van der Waals surface area contributed by atoms with Crippen molar-refractivity contribution in [1.29, 1.82) is 0 Å². The minimum Gasteiger partial charge on any atom is -0.387 e. The number of halogens is 1. The van der Waals surface area contributed by atoms with Crippen LogP contribution in [0.1, 0.15) is 35.2 Å². The number of hydrogen-bond donors (Lipinski definition) is 4. The van der Waals surface area contributed by atoms with E-state index in [4.69, 9.17) is 0 Å². The molecule has 0 aromatic heterocycles. The number of hydrogen-bond acceptors (Lipinski definition) is 4. The van der Waals surface area contributed by atoms with Crippen LogP contribution in [0.4, 0.5) is 0 Å². The van der Waals surface area contributed by atoms with Gasteiger partial charge in [-0.3, -0.25) is 0 Å². The monoisotopic (exact) mass is 391 g/mol. The van der Waals surface area contributed by atoms with Gasteiger partial charge in [-0.2, -0.15) is 0 Å². The maximum absolute atomic E-state index is 10.5. The molecule has 0 saturated heterocycles. The minimum absolute atomic E-state index is 0. The molecule has 1 aliphatic carbocycles. The van der Waals surface area contributed by atoms with Gasteiger partial charge in [0, 0.05) is 11.6 Å². The lowest BCUT2D eigenvalue weighted by molar-refractivity contribution is -0.228. The molecule has 1 heterocycles. The van der Waals surface area contributed by atoms with Gasteiger partial charge in [-0.1, -0.05) is 36.4 Å². The van der Waals surface area contributed by atoms with Crippen LogP contribution >= 0.6 is 17.0 Å². The molecule has 4 rings (SSSR count). The fourth-order valence-corrected chi connectivity index (χ4v) is 3.92. The SMILES string of the molecule is Br.CC(O)C(O)(O)c1ccc2c3c1-c1ccccc1CC3NCC2. The lowest BCUT2D eigenvalue weighted by atomic mass is 9.74. The molecule has 5 heteroatoms. The summed E-state index contributed by atoms with van der Waals surface area (Å²) in [4.78, 5) is 0. The van der Waals surface area contributed by atoms with Crippen LogP contribution in [0.25, 0.3) is 11.1 Å². The maximum Gasteiger partial charge on any atom is 0.217 e. The third kappa shape index (κ3) is 2.52. The molecule has 0 bridgehead atoms. The minimum atomic E-state index is -2.27. The molecule has 24 heavy (non-hydrogen) atoms. The molecule has 0 radical (unpaired) electrons. The van der Waals surface area contributed by atoms with Crippen LogP contribution in [0.3, 0.4) is 0 Å². The average molecular weight is 392 g/mol. The summed E-state index contributed by atoms with van der Waals surface area (Å²) in [5, 5.41) is 34.4. The summed E-state index contributed by atoms with van der Waals surface area (Å²) in [5.41, 5.74) is 5.88. The maximum atomic E-state index is 10.5. The highest BCUT2D eigenvalue weighted by atomic mass is 79.9. The Morgan fingerprint density at radius 1 is 1.12 bits per heavy atom. The normalized spacial score (nSPS) is 19.8. The van der Waals surface area contributed by atoms with Crippen LogP contribution in [-0.4, -0.2) is 28.0 Å². The quantitative estimate of drug-likeness (QED) is 0.592. The highest BCUT2D eigenvalue weighted by Gasteiger charge is 2.39. The predicted molar refractivity (Wildman–Crippen MR) is 98.1 cm³/mol. The van der Waals surface area contributed by atoms with E-state index in [-0.39, 0.29) is 23.0 Å². The van der Waals surface area contributed by atoms with Gasteiger partial charge in [-0.05, 0) is 54.1 Å². The smallest absolute Gasteiger partial charge is 0.217 e. The lowest BCUT2D eigenvalue weighted by Crippen LogP contribution is -2.40. The van der Waals surface area contributed by atoms with Gasteiger partial charge >= 0.3 is 0 Å². The van der Waals surface area contributed by atoms with Crippen LogP contribution in [0.5, 0.6) is 0 Å². The van der Waals surface area contributed by atoms with Crippen molar-refractivity contribution >= 4 is 17.0 Å². The molecule has 2 aromatic rings. The zero-order valence-corrected chi connectivity index (χ0v) is 15.2. The molecule has 0 amide bonds. The molecular formula is C19H22BrNO3. The Bertz CT molecular complexity index is 773. The summed E-state index contributed by atoms with van der Waals surface area (Å²) in [6.07, 6.45) is 0.554. The van der Waals surface area contributed by atoms with Gasteiger partial charge in [0.15, 0.2) is 0 Å². The molecule has 2 atom stereocenters. The number of fused-ring (bicyclic) bond motifs is 2. The molecule has 1 aliphatic heterocycles. The average Bonchev–Trinajstić information content (AvgIpc) is 2.55. The first kappa shape index (κ1) is 17.6. The summed E-state index contributed by atoms with van der Waals surface area (Å²) in [6.45, 7) is 2.33. The van der Waals surface area contributed by atoms with E-state index in [9.17, 15) is 15.3 Å². The van der Waals surface area contributed by atoms with E-state index in [0.717, 1.165) is 36.1 Å². The van der Waals surface area contributed by atoms with Gasteiger partial charge in [0.1, 0.15) is 6.10 Å². The zero-order valence-electron chi connectivity index (χ0n) is 13.5. The Hall–Kier alpha value is -1.24. The highest BCUT2D eigenvalue weighted by Crippen LogP contribution is 2.46. The topological polar surface area (TPSA) is 72.7 Å². The second kappa shape index (κ2) is 6.24. The van der Waals surface area contributed by atoms with Crippen molar-refractivity contribution in [2.24, 2.45) is 0 Å². The highest BCUT2D eigenvalue weighted by molar-refractivity contribution is 8.93. The van der Waals surface area contributed by atoms with Crippen molar-refractivity contribution in [2.75, 3.05) is 6.54 Å². The van der Waals surface area contributed by atoms with E-state index in [0.29, 0.717) is 5.56 Å². The van der Waals surface area contributed by atoms with Crippen LogP contribution in [0.2, 0.25) is 0 Å². The summed E-state index contributed by atoms with van der Waals surface area (Å²) >= 11 is 0. The van der Waals surface area contributed by atoms with Gasteiger partial charge in [0.05, 0.1) is 0 Å². The van der Waals surface area contributed by atoms with Crippen molar-refractivity contribution in [3.63, 3.8) is 0 Å². The first-order valence-corrected chi connectivity index (χ1v) is 8.11. The number of nitrogens with one attached hydrogen (secondary N) is 1. The Kier molecular flexibility index (Phi) is 4.57. The molecule has 2 unspecified atom stereocenters. The van der Waals surface area contributed by atoms with Crippen LogP contribution < -0.4 is 5.32 Å². The second-order valence-electron chi connectivity index (χ2n) is 6.58. The fraction of sp³-hybridized carbons (Fsp3) is 0.368. The van der Waals surface area contributed by atoms with Crippen molar-refractivity contribution in [2.45, 2.75) is 37.7 Å². The van der Waals surface area contributed by atoms with Crippen LogP contribution in [0, 0.1) is 0 Å². The Labute approximate surface area is 151 Å². The van der Waals surface area contributed by atoms with Gasteiger partial charge in [0.2, 0.25) is 5.79 Å². The summed E-state index contributed by atoms with van der Waals surface area (Å²) in [6, 6.07) is 12.0. The number of aliphatic hydroxyl groups is 3. The van der Waals surface area contributed by atoms with Crippen molar-refractivity contribution < 1.29 is 15.3 Å². The van der Waals surface area contributed by atoms with Gasteiger partial charge < -0.3 is 20.6 Å². The van der Waals surface area contributed by atoms with Gasteiger partial charge in [-0.25, -0.2) is 0 Å². The van der Waals surface area contributed by atoms with E-state index >= 15 is 0 Å². The van der Waals surface area contributed by atoms with E-state index in [1.54, 1.807) is 6.07 Å². The molecule has 4 N–H and O–H groups in total. The third-order valence-corrected chi connectivity index (χ3v) is 5.16. The van der Waals surface area contributed by atoms with E-state index < -0.39 is 11.9 Å². The molecule has 2 aromatic carbocycles. The zero-order chi connectivity index (χ0) is 16.2. The number of benzene rings is 2. The molecule has 128 valence electrons. The molecule has 0 spiro atoms. The predicted octanol–water partition coefficient (Wildman–Crippen LogP) is 2.19. The van der Waals surface area contributed by atoms with E-state index in [1.165, 1.54) is 18.1 Å². The van der Waals surface area contributed by atoms with E-state index in [1.807, 2.05) is 24.3 Å². The summed E-state index contributed by atoms with van der Waals surface area (Å²) in [5.74, 6) is -2.27. The van der Waals surface area contributed by atoms with Crippen molar-refractivity contribution in [3.05, 3.63) is 58.7 Å². The molecular weight excluding hydrogens is 370 g/mol. The van der Waals surface area contributed by atoms with Crippen LogP contribution in [-0.2, 0) is 18.6 Å². The molecule has 4 nitrogen and oxygen atoms in total. The first-order valence-electron chi connectivity index (χ1n) is 8.11. The molecule has 2 aliphatic rings. The van der Waals surface area contributed by atoms with Crippen molar-refractivity contribution in [3.8, 4) is 11.1 Å². The lowest BCUT2D eigenvalue weighted by Gasteiger charge is -2.38. The third-order valence-electron chi connectivity index (χ3n) is 5.16. The number of aliphatic hydroxyl groups excluding tert-OH is 1. The summed E-state index contributed by atoms with van der Waals surface area (Å²) < 4.78 is 0. The van der Waals surface area contributed by atoms with Gasteiger partial charge in [0.25, 0.3) is 0 Å². The Balaban J connectivity index is 0.00000169.